The predicted octanol–water partition coefficient (Wildman–Crippen LogP) is 5.30. The van der Waals surface area contributed by atoms with E-state index in [0.29, 0.717) is 21.7 Å². The number of halogens is 3. The maximum atomic E-state index is 13.1. The predicted molar refractivity (Wildman–Crippen MR) is 97.0 cm³/mol. The second-order valence-electron chi connectivity index (χ2n) is 5.32. The molecular formula is C16H13F3N4OS2. The Labute approximate surface area is 154 Å². The van der Waals surface area contributed by atoms with Crippen LogP contribution in [0.2, 0.25) is 0 Å². The van der Waals surface area contributed by atoms with E-state index in [9.17, 15) is 18.0 Å². The van der Waals surface area contributed by atoms with Gasteiger partial charge in [-0.25, -0.2) is 9.97 Å². The molecule has 5 nitrogen and oxygen atoms in total. The molecule has 0 aliphatic heterocycles. The van der Waals surface area contributed by atoms with Crippen molar-refractivity contribution in [2.24, 2.45) is 0 Å². The molecule has 1 aromatic carbocycles. The molecule has 10 heteroatoms. The number of amides is 1. The first-order valence-corrected chi connectivity index (χ1v) is 9.08. The van der Waals surface area contributed by atoms with Crippen LogP contribution in [0.3, 0.4) is 0 Å². The number of anilines is 3. The highest BCUT2D eigenvalue weighted by Gasteiger charge is 2.33. The van der Waals surface area contributed by atoms with E-state index in [1.54, 1.807) is 12.3 Å². The van der Waals surface area contributed by atoms with Crippen LogP contribution in [0.5, 0.6) is 0 Å². The van der Waals surface area contributed by atoms with Crippen LogP contribution in [-0.4, -0.2) is 15.9 Å². The molecule has 2 N–H and O–H groups in total. The van der Waals surface area contributed by atoms with Gasteiger partial charge in [-0.1, -0.05) is 23.5 Å². The number of rotatable bonds is 4. The number of nitrogens with one attached hydrogen (secondary N) is 2. The molecule has 0 aliphatic carbocycles. The number of benzene rings is 1. The Hall–Kier alpha value is -2.46. The van der Waals surface area contributed by atoms with Gasteiger partial charge in [-0.2, -0.15) is 13.2 Å². The van der Waals surface area contributed by atoms with Gasteiger partial charge in [0.15, 0.2) is 10.3 Å². The number of aryl methyl sites for hydroxylation is 1. The van der Waals surface area contributed by atoms with Gasteiger partial charge in [0, 0.05) is 12.3 Å². The van der Waals surface area contributed by atoms with Gasteiger partial charge in [0.25, 0.3) is 0 Å². The third kappa shape index (κ3) is 4.02. The van der Waals surface area contributed by atoms with Crippen molar-refractivity contribution in [3.63, 3.8) is 0 Å². The van der Waals surface area contributed by atoms with E-state index in [1.807, 2.05) is 0 Å². The summed E-state index contributed by atoms with van der Waals surface area (Å²) in [6.07, 6.45) is -4.45. The molecule has 0 unspecified atom stereocenters. The lowest BCUT2D eigenvalue weighted by molar-refractivity contribution is -0.136. The molecule has 0 aliphatic rings. The van der Waals surface area contributed by atoms with Crippen molar-refractivity contribution < 1.29 is 18.0 Å². The van der Waals surface area contributed by atoms with Crippen LogP contribution in [0, 0.1) is 6.92 Å². The van der Waals surface area contributed by atoms with Gasteiger partial charge in [0.05, 0.1) is 27.5 Å². The standard InChI is InChI=1S/C16H13F3N4OS2/c1-8-13(26-15(20-8)21-9(2)24)12-7-25-14(23-12)22-11-6-4-3-5-10(11)16(17,18)19/h3-7H,1-2H3,(H,22,23)(H,20,21,24). The number of para-hydroxylation sites is 1. The zero-order valence-corrected chi connectivity index (χ0v) is 15.3. The topological polar surface area (TPSA) is 66.9 Å². The molecule has 0 atom stereocenters. The van der Waals surface area contributed by atoms with E-state index >= 15 is 0 Å². The van der Waals surface area contributed by atoms with Crippen LogP contribution in [0.25, 0.3) is 10.6 Å². The molecular weight excluding hydrogens is 385 g/mol. The van der Waals surface area contributed by atoms with Crippen molar-refractivity contribution in [2.75, 3.05) is 10.6 Å². The number of thiazole rings is 2. The minimum atomic E-state index is -4.45. The van der Waals surface area contributed by atoms with E-state index in [1.165, 1.54) is 47.8 Å². The van der Waals surface area contributed by atoms with E-state index in [0.717, 1.165) is 10.9 Å². The molecule has 0 saturated carbocycles. The number of nitrogens with zero attached hydrogens (tertiary/aromatic N) is 2. The Morgan fingerprint density at radius 1 is 1.15 bits per heavy atom. The van der Waals surface area contributed by atoms with Gasteiger partial charge in [-0.05, 0) is 19.1 Å². The lowest BCUT2D eigenvalue weighted by Crippen LogP contribution is -2.08. The summed E-state index contributed by atoms with van der Waals surface area (Å²) >= 11 is 2.45. The first kappa shape index (κ1) is 18.3. The molecule has 2 aromatic heterocycles. The molecule has 2 heterocycles. The summed E-state index contributed by atoms with van der Waals surface area (Å²) in [4.78, 5) is 20.5. The Balaban J connectivity index is 1.86. The molecule has 26 heavy (non-hydrogen) atoms. The Bertz CT molecular complexity index is 949. The number of alkyl halides is 3. The number of aromatic nitrogens is 2. The molecule has 136 valence electrons. The van der Waals surface area contributed by atoms with Gasteiger partial charge in [0.2, 0.25) is 5.91 Å². The summed E-state index contributed by atoms with van der Waals surface area (Å²) in [6, 6.07) is 5.24. The van der Waals surface area contributed by atoms with Gasteiger partial charge in [-0.3, -0.25) is 4.79 Å². The maximum absolute atomic E-state index is 13.1. The third-order valence-corrected chi connectivity index (χ3v) is 5.14. The van der Waals surface area contributed by atoms with E-state index in [2.05, 4.69) is 20.6 Å². The fourth-order valence-corrected chi connectivity index (χ4v) is 3.99. The Morgan fingerprint density at radius 3 is 2.58 bits per heavy atom. The van der Waals surface area contributed by atoms with Gasteiger partial charge in [0.1, 0.15) is 0 Å². The van der Waals surface area contributed by atoms with Crippen molar-refractivity contribution >= 4 is 44.5 Å². The lowest BCUT2D eigenvalue weighted by atomic mass is 10.2. The number of hydrogen-bond donors (Lipinski definition) is 2. The summed E-state index contributed by atoms with van der Waals surface area (Å²) in [5.74, 6) is -0.227. The summed E-state index contributed by atoms with van der Waals surface area (Å²) in [6.45, 7) is 3.17. The SMILES string of the molecule is CC(=O)Nc1nc(C)c(-c2csc(Nc3ccccc3C(F)(F)F)n2)s1. The normalized spacial score (nSPS) is 11.4. The second kappa shape index (κ2) is 7.04. The van der Waals surface area contributed by atoms with Crippen LogP contribution in [0.15, 0.2) is 29.6 Å². The van der Waals surface area contributed by atoms with Crippen molar-refractivity contribution in [1.29, 1.82) is 0 Å². The van der Waals surface area contributed by atoms with Gasteiger partial charge >= 0.3 is 6.18 Å². The van der Waals surface area contributed by atoms with Crippen molar-refractivity contribution in [3.05, 3.63) is 40.9 Å². The first-order valence-electron chi connectivity index (χ1n) is 7.38. The smallest absolute Gasteiger partial charge is 0.331 e. The second-order valence-corrected chi connectivity index (χ2v) is 7.18. The largest absolute Gasteiger partial charge is 0.418 e. The highest BCUT2D eigenvalue weighted by molar-refractivity contribution is 7.20. The van der Waals surface area contributed by atoms with Crippen molar-refractivity contribution in [1.82, 2.24) is 9.97 Å². The third-order valence-electron chi connectivity index (χ3n) is 3.29. The van der Waals surface area contributed by atoms with Crippen LogP contribution in [-0.2, 0) is 11.0 Å². The highest BCUT2D eigenvalue weighted by atomic mass is 32.1. The monoisotopic (exact) mass is 398 g/mol. The molecule has 0 saturated heterocycles. The molecule has 0 bridgehead atoms. The Kier molecular flexibility index (Phi) is 4.97. The molecule has 0 fully saturated rings. The number of carbonyl (C=O) groups is 1. The summed E-state index contributed by atoms with van der Waals surface area (Å²) < 4.78 is 39.2. The number of hydrogen-bond acceptors (Lipinski definition) is 6. The van der Waals surface area contributed by atoms with Crippen LogP contribution in [0.1, 0.15) is 18.2 Å². The van der Waals surface area contributed by atoms with E-state index in [4.69, 9.17) is 0 Å². The lowest BCUT2D eigenvalue weighted by Gasteiger charge is -2.12. The maximum Gasteiger partial charge on any atom is 0.418 e. The summed E-state index contributed by atoms with van der Waals surface area (Å²) in [5.41, 5.74) is 0.472. The summed E-state index contributed by atoms with van der Waals surface area (Å²) in [7, 11) is 0. The highest BCUT2D eigenvalue weighted by Crippen LogP contribution is 2.38. The molecule has 3 rings (SSSR count). The van der Waals surface area contributed by atoms with Crippen LogP contribution in [0.4, 0.5) is 29.1 Å². The fraction of sp³-hybridized carbons (Fsp3) is 0.188. The zero-order chi connectivity index (χ0) is 18.9. The van der Waals surface area contributed by atoms with E-state index in [-0.39, 0.29) is 11.6 Å². The molecule has 0 radical (unpaired) electrons. The Morgan fingerprint density at radius 2 is 1.88 bits per heavy atom. The first-order chi connectivity index (χ1) is 12.2. The van der Waals surface area contributed by atoms with Crippen molar-refractivity contribution in [2.45, 2.75) is 20.0 Å². The number of carbonyl (C=O) groups excluding carboxylic acids is 1. The minimum Gasteiger partial charge on any atom is -0.331 e. The van der Waals surface area contributed by atoms with Crippen LogP contribution < -0.4 is 10.6 Å². The van der Waals surface area contributed by atoms with Gasteiger partial charge < -0.3 is 10.6 Å². The minimum absolute atomic E-state index is 0.0548. The molecule has 1 amide bonds. The average molecular weight is 398 g/mol. The van der Waals surface area contributed by atoms with Gasteiger partial charge in [-0.15, -0.1) is 11.3 Å². The van der Waals surface area contributed by atoms with E-state index < -0.39 is 11.7 Å². The quantitative estimate of drug-likeness (QED) is 0.626. The fourth-order valence-electron chi connectivity index (χ4n) is 2.23. The van der Waals surface area contributed by atoms with Crippen LogP contribution >= 0.6 is 22.7 Å². The zero-order valence-electron chi connectivity index (χ0n) is 13.6. The van der Waals surface area contributed by atoms with Crippen molar-refractivity contribution in [3.8, 4) is 10.6 Å². The summed E-state index contributed by atoms with van der Waals surface area (Å²) in [5, 5.41) is 7.86. The average Bonchev–Trinajstić information content (AvgIpc) is 3.12. The molecule has 0 spiro atoms. The molecule has 3 aromatic rings.